The van der Waals surface area contributed by atoms with Crippen molar-refractivity contribution >= 4 is 0 Å². The summed E-state index contributed by atoms with van der Waals surface area (Å²) in [5.74, 6) is 2.81. The molecule has 1 aromatic rings. The molecular weight excluding hydrogens is 224 g/mol. The molecule has 0 atom stereocenters. The van der Waals surface area contributed by atoms with Crippen LogP contribution < -0.4 is 5.32 Å². The Morgan fingerprint density at radius 3 is 2.72 bits per heavy atom. The van der Waals surface area contributed by atoms with Gasteiger partial charge in [0.15, 0.2) is 0 Å². The van der Waals surface area contributed by atoms with E-state index in [2.05, 4.69) is 51.0 Å². The van der Waals surface area contributed by atoms with E-state index in [1.807, 2.05) is 0 Å². The molecule has 0 aromatic carbocycles. The van der Waals surface area contributed by atoms with Gasteiger partial charge >= 0.3 is 0 Å². The molecule has 0 radical (unpaired) electrons. The Labute approximate surface area is 112 Å². The molecule has 0 aliphatic heterocycles. The lowest BCUT2D eigenvalue weighted by Gasteiger charge is -2.12. The first-order valence-corrected chi connectivity index (χ1v) is 7.00. The van der Waals surface area contributed by atoms with E-state index in [9.17, 15) is 0 Å². The fourth-order valence-corrected chi connectivity index (χ4v) is 2.06. The Kier molecular flexibility index (Phi) is 6.44. The number of hydrogen-bond acceptors (Lipinski definition) is 3. The molecule has 3 heteroatoms. The topological polar surface area (TPSA) is 28.4 Å². The van der Waals surface area contributed by atoms with Crippen molar-refractivity contribution in [3.05, 3.63) is 23.2 Å². The van der Waals surface area contributed by atoms with Gasteiger partial charge in [-0.25, -0.2) is 0 Å². The minimum atomic E-state index is 0.687. The zero-order valence-electron chi connectivity index (χ0n) is 12.5. The fourth-order valence-electron chi connectivity index (χ4n) is 2.06. The number of nitrogens with one attached hydrogen (secondary N) is 1. The number of nitrogens with zero attached hydrogens (tertiary/aromatic N) is 1. The van der Waals surface area contributed by atoms with Gasteiger partial charge in [-0.15, -0.1) is 0 Å². The largest absolute Gasteiger partial charge is 0.465 e. The van der Waals surface area contributed by atoms with Gasteiger partial charge in [0, 0.05) is 12.1 Å². The maximum Gasteiger partial charge on any atom is 0.118 e. The smallest absolute Gasteiger partial charge is 0.118 e. The van der Waals surface area contributed by atoms with Crippen LogP contribution in [0.4, 0.5) is 0 Å². The zero-order chi connectivity index (χ0) is 13.5. The minimum Gasteiger partial charge on any atom is -0.465 e. The van der Waals surface area contributed by atoms with Gasteiger partial charge in [-0.05, 0) is 45.5 Å². The van der Waals surface area contributed by atoms with Crippen LogP contribution in [-0.4, -0.2) is 25.0 Å². The Balaban J connectivity index is 2.48. The molecule has 0 aliphatic rings. The molecule has 3 nitrogen and oxygen atoms in total. The van der Waals surface area contributed by atoms with E-state index < -0.39 is 0 Å². The molecule has 0 unspecified atom stereocenters. The van der Waals surface area contributed by atoms with Crippen LogP contribution in [0.3, 0.4) is 0 Å². The van der Waals surface area contributed by atoms with Crippen molar-refractivity contribution in [2.24, 2.45) is 5.92 Å². The van der Waals surface area contributed by atoms with Crippen LogP contribution in [-0.2, 0) is 13.1 Å². The molecular formula is C15H28N2O. The van der Waals surface area contributed by atoms with Crippen molar-refractivity contribution < 1.29 is 4.42 Å². The summed E-state index contributed by atoms with van der Waals surface area (Å²) in [6.45, 7) is 12.7. The predicted molar refractivity (Wildman–Crippen MR) is 76.6 cm³/mol. The number of aryl methyl sites for hydroxylation is 1. The lowest BCUT2D eigenvalue weighted by Crippen LogP contribution is -2.19. The van der Waals surface area contributed by atoms with Gasteiger partial charge in [-0.1, -0.05) is 20.8 Å². The summed E-state index contributed by atoms with van der Waals surface area (Å²) in [4.78, 5) is 2.30. The van der Waals surface area contributed by atoms with Crippen LogP contribution in [0.2, 0.25) is 0 Å². The fraction of sp³-hybridized carbons (Fsp3) is 0.733. The van der Waals surface area contributed by atoms with Crippen LogP contribution in [0.15, 0.2) is 10.5 Å². The Bertz CT molecular complexity index is 344. The highest BCUT2D eigenvalue weighted by Crippen LogP contribution is 2.16. The van der Waals surface area contributed by atoms with Crippen LogP contribution >= 0.6 is 0 Å². The molecule has 0 aliphatic carbocycles. The highest BCUT2D eigenvalue weighted by atomic mass is 16.3. The lowest BCUT2D eigenvalue weighted by molar-refractivity contribution is 0.293. The minimum absolute atomic E-state index is 0.687. The van der Waals surface area contributed by atoms with Gasteiger partial charge in [0.25, 0.3) is 0 Å². The quantitative estimate of drug-likeness (QED) is 0.770. The van der Waals surface area contributed by atoms with E-state index >= 15 is 0 Å². The summed E-state index contributed by atoms with van der Waals surface area (Å²) in [5.41, 5.74) is 1.29. The Hall–Kier alpha value is -0.800. The van der Waals surface area contributed by atoms with Crippen LogP contribution in [0.1, 0.15) is 44.3 Å². The highest BCUT2D eigenvalue weighted by molar-refractivity contribution is 5.20. The molecule has 1 aromatic heterocycles. The molecule has 1 N–H and O–H groups in total. The van der Waals surface area contributed by atoms with Crippen LogP contribution in [0, 0.1) is 12.8 Å². The molecule has 0 fully saturated rings. The summed E-state index contributed by atoms with van der Waals surface area (Å²) in [7, 11) is 2.14. The van der Waals surface area contributed by atoms with Gasteiger partial charge in [0.05, 0.1) is 6.54 Å². The molecule has 18 heavy (non-hydrogen) atoms. The summed E-state index contributed by atoms with van der Waals surface area (Å²) >= 11 is 0. The molecule has 0 spiro atoms. The second-order valence-corrected chi connectivity index (χ2v) is 5.56. The van der Waals surface area contributed by atoms with Crippen LogP contribution in [0.5, 0.6) is 0 Å². The van der Waals surface area contributed by atoms with Gasteiger partial charge < -0.3 is 9.73 Å². The van der Waals surface area contributed by atoms with E-state index in [-0.39, 0.29) is 0 Å². The second kappa shape index (κ2) is 7.59. The number of furan rings is 1. The number of hydrogen-bond donors (Lipinski definition) is 1. The third-order valence-corrected chi connectivity index (χ3v) is 2.97. The maximum atomic E-state index is 5.81. The molecule has 0 saturated heterocycles. The van der Waals surface area contributed by atoms with Crippen LogP contribution in [0.25, 0.3) is 0 Å². The molecule has 0 saturated carbocycles. The summed E-state index contributed by atoms with van der Waals surface area (Å²) in [5, 5.41) is 3.46. The third kappa shape index (κ3) is 5.23. The first kappa shape index (κ1) is 15.3. The maximum absolute atomic E-state index is 5.81. The third-order valence-electron chi connectivity index (χ3n) is 2.97. The van der Waals surface area contributed by atoms with Crippen molar-refractivity contribution in [1.82, 2.24) is 10.2 Å². The molecule has 0 bridgehead atoms. The van der Waals surface area contributed by atoms with E-state index in [1.54, 1.807) is 0 Å². The molecule has 104 valence electrons. The first-order valence-electron chi connectivity index (χ1n) is 7.00. The van der Waals surface area contributed by atoms with E-state index in [1.165, 1.54) is 12.0 Å². The highest BCUT2D eigenvalue weighted by Gasteiger charge is 2.09. The van der Waals surface area contributed by atoms with Gasteiger partial charge in [0.1, 0.15) is 11.5 Å². The second-order valence-electron chi connectivity index (χ2n) is 5.56. The van der Waals surface area contributed by atoms with Crippen molar-refractivity contribution in [2.45, 2.75) is 47.2 Å². The van der Waals surface area contributed by atoms with E-state index in [0.717, 1.165) is 37.7 Å². The predicted octanol–water partition coefficient (Wildman–Crippen LogP) is 3.18. The van der Waals surface area contributed by atoms with E-state index in [4.69, 9.17) is 4.42 Å². The average Bonchev–Trinajstić information content (AvgIpc) is 2.59. The monoisotopic (exact) mass is 252 g/mol. The first-order chi connectivity index (χ1) is 8.52. The summed E-state index contributed by atoms with van der Waals surface area (Å²) < 4.78 is 5.81. The van der Waals surface area contributed by atoms with Crippen molar-refractivity contribution in [3.63, 3.8) is 0 Å². The van der Waals surface area contributed by atoms with Gasteiger partial charge in [-0.3, -0.25) is 4.90 Å². The molecule has 1 rings (SSSR count). The van der Waals surface area contributed by atoms with Gasteiger partial charge in [0.2, 0.25) is 0 Å². The standard InChI is InChI=1S/C15H28N2O/c1-6-7-17(5)11-15-8-14(13(4)18-15)10-16-9-12(2)3/h8,12,16H,6-7,9-11H2,1-5H3. The SMILES string of the molecule is CCCN(C)Cc1cc(CNCC(C)C)c(C)o1. The lowest BCUT2D eigenvalue weighted by atomic mass is 10.2. The zero-order valence-corrected chi connectivity index (χ0v) is 12.5. The van der Waals surface area contributed by atoms with Crippen molar-refractivity contribution in [2.75, 3.05) is 20.1 Å². The molecule has 0 amide bonds. The van der Waals surface area contributed by atoms with Gasteiger partial charge in [-0.2, -0.15) is 0 Å². The average molecular weight is 252 g/mol. The molecule has 1 heterocycles. The Morgan fingerprint density at radius 1 is 1.39 bits per heavy atom. The van der Waals surface area contributed by atoms with E-state index in [0.29, 0.717) is 5.92 Å². The summed E-state index contributed by atoms with van der Waals surface area (Å²) in [6, 6.07) is 2.19. The number of rotatable bonds is 8. The van der Waals surface area contributed by atoms with Crippen molar-refractivity contribution in [3.8, 4) is 0 Å². The normalized spacial score (nSPS) is 11.7. The Morgan fingerprint density at radius 2 is 2.11 bits per heavy atom. The van der Waals surface area contributed by atoms with Crippen molar-refractivity contribution in [1.29, 1.82) is 0 Å². The summed E-state index contributed by atoms with van der Waals surface area (Å²) in [6.07, 6.45) is 1.18.